The van der Waals surface area contributed by atoms with Crippen molar-refractivity contribution >= 4 is 5.69 Å². The van der Waals surface area contributed by atoms with Crippen LogP contribution in [-0.4, -0.2) is 159 Å². The normalized spacial score (nSPS) is 11.4. The van der Waals surface area contributed by atoms with E-state index in [0.29, 0.717) is 151 Å². The van der Waals surface area contributed by atoms with Gasteiger partial charge in [0.25, 0.3) is 0 Å². The van der Waals surface area contributed by atoms with E-state index in [4.69, 9.17) is 62.6 Å². The quantitative estimate of drug-likeness (QED) is 0.0845. The number of ether oxygens (including phenoxy) is 12. The number of hydrogen-bond acceptors (Lipinski definition) is 13. The van der Waals surface area contributed by atoms with Gasteiger partial charge in [-0.1, -0.05) is 0 Å². The van der Waals surface area contributed by atoms with E-state index >= 15 is 0 Å². The highest BCUT2D eigenvalue weighted by Crippen LogP contribution is 2.12. The maximum Gasteiger partial charge on any atom is 0.119 e. The molecule has 0 radical (unpaired) electrons. The van der Waals surface area contributed by atoms with Crippen LogP contribution in [0.1, 0.15) is 0 Å². The summed E-state index contributed by atoms with van der Waals surface area (Å²) in [6.45, 7) is 10.3. The predicted molar refractivity (Wildman–Crippen MR) is 161 cm³/mol. The van der Waals surface area contributed by atoms with Crippen LogP contribution in [0.4, 0.5) is 10.1 Å². The average molecular weight is 640 g/mol. The first-order valence-corrected chi connectivity index (χ1v) is 15.2. The number of rotatable bonds is 36. The van der Waals surface area contributed by atoms with Gasteiger partial charge in [-0.25, -0.2) is 4.39 Å². The molecule has 1 aromatic rings. The monoisotopic (exact) mass is 639 g/mol. The Balaban J connectivity index is 1.62. The second kappa shape index (κ2) is 34.2. The molecule has 13 nitrogen and oxygen atoms in total. The molecular formula is C30H54FNO12. The minimum absolute atomic E-state index is 0.112. The van der Waals surface area contributed by atoms with Crippen LogP contribution in [0.25, 0.3) is 0 Å². The van der Waals surface area contributed by atoms with Gasteiger partial charge in [-0.3, -0.25) is 0 Å². The van der Waals surface area contributed by atoms with Gasteiger partial charge in [-0.2, -0.15) is 0 Å². The van der Waals surface area contributed by atoms with E-state index in [9.17, 15) is 4.39 Å². The topological polar surface area (TPSA) is 137 Å². The smallest absolute Gasteiger partial charge is 0.119 e. The summed E-state index contributed by atoms with van der Waals surface area (Å²) in [4.78, 5) is 0. The second-order valence-electron chi connectivity index (χ2n) is 8.84. The Morgan fingerprint density at radius 1 is 0.341 bits per heavy atom. The fraction of sp³-hybridized carbons (Fsp3) is 0.800. The number of nitrogen functional groups attached to an aromatic ring is 1. The van der Waals surface area contributed by atoms with Crippen molar-refractivity contribution in [1.82, 2.24) is 0 Å². The van der Waals surface area contributed by atoms with E-state index in [-0.39, 0.29) is 6.61 Å². The maximum absolute atomic E-state index is 11.8. The molecule has 0 spiro atoms. The van der Waals surface area contributed by atoms with Gasteiger partial charge < -0.3 is 62.6 Å². The lowest BCUT2D eigenvalue weighted by Gasteiger charge is -2.09. The van der Waals surface area contributed by atoms with Gasteiger partial charge in [0.1, 0.15) is 19.0 Å². The van der Waals surface area contributed by atoms with E-state index in [1.165, 1.54) is 0 Å². The van der Waals surface area contributed by atoms with E-state index in [1.807, 2.05) is 12.1 Å². The summed E-state index contributed by atoms with van der Waals surface area (Å²) in [5, 5.41) is 0. The van der Waals surface area contributed by atoms with Gasteiger partial charge in [-0.05, 0) is 24.3 Å². The molecule has 0 fully saturated rings. The van der Waals surface area contributed by atoms with Crippen LogP contribution >= 0.6 is 0 Å². The second-order valence-corrected chi connectivity index (χ2v) is 8.84. The molecule has 0 atom stereocenters. The van der Waals surface area contributed by atoms with E-state index in [0.717, 1.165) is 5.75 Å². The van der Waals surface area contributed by atoms with Crippen LogP contribution in [0.5, 0.6) is 5.75 Å². The van der Waals surface area contributed by atoms with E-state index in [1.54, 1.807) is 12.1 Å². The van der Waals surface area contributed by atoms with Crippen molar-refractivity contribution < 1.29 is 61.2 Å². The fourth-order valence-corrected chi connectivity index (χ4v) is 3.14. The molecule has 258 valence electrons. The minimum atomic E-state index is -0.476. The summed E-state index contributed by atoms with van der Waals surface area (Å²) < 4.78 is 76.6. The Labute approximate surface area is 261 Å². The standard InChI is InChI=1S/C30H54FNO12/c31-5-6-33-7-8-34-9-10-35-11-12-36-13-14-37-15-16-38-17-18-39-19-20-40-21-22-41-23-24-42-25-26-43-27-28-44-30-3-1-29(32)2-4-30/h1-4H,5-28,32H2. The third-order valence-electron chi connectivity index (χ3n) is 5.32. The average Bonchev–Trinajstić information content (AvgIpc) is 3.03. The van der Waals surface area contributed by atoms with Gasteiger partial charge in [0.05, 0.1) is 145 Å². The first-order valence-electron chi connectivity index (χ1n) is 15.2. The molecule has 0 aromatic heterocycles. The highest BCUT2D eigenvalue weighted by molar-refractivity contribution is 5.41. The maximum atomic E-state index is 11.8. The molecule has 0 saturated carbocycles. The molecule has 44 heavy (non-hydrogen) atoms. The third-order valence-corrected chi connectivity index (χ3v) is 5.32. The Morgan fingerprint density at radius 2 is 0.568 bits per heavy atom. The highest BCUT2D eigenvalue weighted by Gasteiger charge is 1.97. The van der Waals surface area contributed by atoms with Crippen LogP contribution < -0.4 is 10.5 Å². The minimum Gasteiger partial charge on any atom is -0.491 e. The van der Waals surface area contributed by atoms with Crippen molar-refractivity contribution in [2.45, 2.75) is 0 Å². The van der Waals surface area contributed by atoms with Crippen LogP contribution in [0.15, 0.2) is 24.3 Å². The molecule has 14 heteroatoms. The molecule has 0 aliphatic rings. The van der Waals surface area contributed by atoms with Crippen molar-refractivity contribution in [3.63, 3.8) is 0 Å². The summed E-state index contributed by atoms with van der Waals surface area (Å²) in [6.07, 6.45) is 0. The molecule has 0 aliphatic carbocycles. The molecule has 2 N–H and O–H groups in total. The first-order chi connectivity index (χ1) is 21.8. The Kier molecular flexibility index (Phi) is 31.3. The van der Waals surface area contributed by atoms with Gasteiger partial charge in [0, 0.05) is 5.69 Å². The summed E-state index contributed by atoms with van der Waals surface area (Å²) in [5.74, 6) is 0.769. The largest absolute Gasteiger partial charge is 0.491 e. The number of anilines is 1. The van der Waals surface area contributed by atoms with Crippen LogP contribution in [0.3, 0.4) is 0 Å². The SMILES string of the molecule is Nc1ccc(OCCOCCOCCOCCOCCOCCOCCOCCOCCOCCOCCOCCF)cc1. The molecule has 1 rings (SSSR count). The Bertz CT molecular complexity index is 692. The third kappa shape index (κ3) is 30.3. The molecular weight excluding hydrogens is 585 g/mol. The molecule has 0 amide bonds. The number of hydrogen-bond donors (Lipinski definition) is 1. The fourth-order valence-electron chi connectivity index (χ4n) is 3.14. The molecule has 1 aromatic carbocycles. The van der Waals surface area contributed by atoms with Gasteiger partial charge >= 0.3 is 0 Å². The van der Waals surface area contributed by atoms with E-state index < -0.39 is 6.67 Å². The van der Waals surface area contributed by atoms with Crippen molar-refractivity contribution in [2.24, 2.45) is 0 Å². The first kappa shape index (κ1) is 40.3. The van der Waals surface area contributed by atoms with Crippen LogP contribution in [0, 0.1) is 0 Å². The molecule has 0 unspecified atom stereocenters. The van der Waals surface area contributed by atoms with Gasteiger partial charge in [0.15, 0.2) is 0 Å². The summed E-state index contributed by atoms with van der Waals surface area (Å²) >= 11 is 0. The van der Waals surface area contributed by atoms with E-state index in [2.05, 4.69) is 0 Å². The molecule has 0 aliphatic heterocycles. The Hall–Kier alpha value is -1.69. The zero-order valence-electron chi connectivity index (χ0n) is 26.1. The molecule has 0 bridgehead atoms. The zero-order chi connectivity index (χ0) is 31.4. The van der Waals surface area contributed by atoms with Gasteiger partial charge in [0.2, 0.25) is 0 Å². The van der Waals surface area contributed by atoms with Crippen molar-refractivity contribution in [3.8, 4) is 5.75 Å². The van der Waals surface area contributed by atoms with Crippen LogP contribution in [0.2, 0.25) is 0 Å². The predicted octanol–water partition coefficient (Wildman–Crippen LogP) is 1.80. The summed E-state index contributed by atoms with van der Waals surface area (Å²) in [7, 11) is 0. The summed E-state index contributed by atoms with van der Waals surface area (Å²) in [6, 6.07) is 7.25. The zero-order valence-corrected chi connectivity index (χ0v) is 26.1. The number of benzene rings is 1. The lowest BCUT2D eigenvalue weighted by molar-refractivity contribution is -0.0278. The number of nitrogens with two attached hydrogens (primary N) is 1. The van der Waals surface area contributed by atoms with Crippen molar-refractivity contribution in [3.05, 3.63) is 24.3 Å². The molecule has 0 heterocycles. The number of halogens is 1. The van der Waals surface area contributed by atoms with Crippen molar-refractivity contribution in [2.75, 3.05) is 164 Å². The summed E-state index contributed by atoms with van der Waals surface area (Å²) in [5.41, 5.74) is 6.34. The highest BCUT2D eigenvalue weighted by atomic mass is 19.1. The number of alkyl halides is 1. The van der Waals surface area contributed by atoms with Crippen molar-refractivity contribution in [1.29, 1.82) is 0 Å². The lowest BCUT2D eigenvalue weighted by Crippen LogP contribution is -2.15. The van der Waals surface area contributed by atoms with Gasteiger partial charge in [-0.15, -0.1) is 0 Å². The lowest BCUT2D eigenvalue weighted by atomic mass is 10.3. The molecule has 0 saturated heterocycles. The van der Waals surface area contributed by atoms with Crippen LogP contribution in [-0.2, 0) is 52.1 Å². The Morgan fingerprint density at radius 3 is 0.818 bits per heavy atom.